The summed E-state index contributed by atoms with van der Waals surface area (Å²) >= 11 is 0. The summed E-state index contributed by atoms with van der Waals surface area (Å²) in [4.78, 5) is 0. The van der Waals surface area contributed by atoms with E-state index < -0.39 is 0 Å². The van der Waals surface area contributed by atoms with E-state index in [-0.39, 0.29) is 12.0 Å². The Kier molecular flexibility index (Phi) is 2.30. The summed E-state index contributed by atoms with van der Waals surface area (Å²) in [6, 6.07) is 7.92. The first kappa shape index (κ1) is 9.28. The first-order valence-corrected chi connectivity index (χ1v) is 4.76. The van der Waals surface area contributed by atoms with Gasteiger partial charge in [0, 0.05) is 5.92 Å². The molecule has 0 amide bonds. The molecule has 0 saturated heterocycles. The molecule has 0 heterocycles. The molecule has 1 aliphatic carbocycles. The van der Waals surface area contributed by atoms with Crippen molar-refractivity contribution in [3.63, 3.8) is 0 Å². The molecule has 2 nitrogen and oxygen atoms in total. The molecule has 1 aromatic rings. The first-order valence-electron chi connectivity index (χ1n) is 4.76. The maximum absolute atomic E-state index is 9.35. The van der Waals surface area contributed by atoms with E-state index in [9.17, 15) is 5.11 Å². The van der Waals surface area contributed by atoms with Crippen molar-refractivity contribution < 1.29 is 9.84 Å². The van der Waals surface area contributed by atoms with Crippen molar-refractivity contribution in [1.29, 1.82) is 0 Å². The molecule has 0 bridgehead atoms. The molecule has 1 N–H and O–H groups in total. The van der Waals surface area contributed by atoms with Gasteiger partial charge in [-0.15, -0.1) is 0 Å². The average molecular weight is 190 g/mol. The second-order valence-corrected chi connectivity index (χ2v) is 3.63. The molecule has 0 aliphatic heterocycles. The average Bonchev–Trinajstić information content (AvgIpc) is 2.25. The Morgan fingerprint density at radius 1 is 1.21 bits per heavy atom. The van der Waals surface area contributed by atoms with Crippen LogP contribution in [0.3, 0.4) is 0 Å². The van der Waals surface area contributed by atoms with Crippen molar-refractivity contribution in [2.75, 3.05) is 7.11 Å². The molecule has 74 valence electrons. The van der Waals surface area contributed by atoms with Crippen LogP contribution in [0.1, 0.15) is 12.5 Å². The number of hydrogen-bond acceptors (Lipinski definition) is 2. The summed E-state index contributed by atoms with van der Waals surface area (Å²) in [5.74, 6) is 1.12. The lowest BCUT2D eigenvalue weighted by atomic mass is 9.79. The zero-order chi connectivity index (χ0) is 10.1. The maximum Gasteiger partial charge on any atom is 0.118 e. The molecule has 2 atom stereocenters. The van der Waals surface area contributed by atoms with Gasteiger partial charge in [0.15, 0.2) is 0 Å². The summed E-state index contributed by atoms with van der Waals surface area (Å²) in [6.45, 7) is 2.03. The number of rotatable bonds is 2. The first-order chi connectivity index (χ1) is 6.72. The number of benzene rings is 1. The summed E-state index contributed by atoms with van der Waals surface area (Å²) in [6.07, 6.45) is 1.62. The van der Waals surface area contributed by atoms with Gasteiger partial charge in [-0.1, -0.05) is 25.1 Å². The Bertz CT molecular complexity index is 351. The third-order valence-electron chi connectivity index (χ3n) is 2.78. The van der Waals surface area contributed by atoms with Gasteiger partial charge in [0.25, 0.3) is 0 Å². The fraction of sp³-hybridized carbons (Fsp3) is 0.333. The SMILES string of the molecule is COc1ccc(C2=CC(O)C2C)cc1. The summed E-state index contributed by atoms with van der Waals surface area (Å²) < 4.78 is 5.08. The molecule has 0 aromatic heterocycles. The number of methoxy groups -OCH3 is 1. The molecular formula is C12H14O2. The fourth-order valence-corrected chi connectivity index (χ4v) is 1.69. The lowest BCUT2D eigenvalue weighted by molar-refractivity contribution is 0.171. The van der Waals surface area contributed by atoms with E-state index >= 15 is 0 Å². The van der Waals surface area contributed by atoms with Crippen LogP contribution in [0.15, 0.2) is 30.3 Å². The van der Waals surface area contributed by atoms with E-state index in [4.69, 9.17) is 4.74 Å². The predicted molar refractivity (Wildman–Crippen MR) is 56.1 cm³/mol. The van der Waals surface area contributed by atoms with Gasteiger partial charge in [-0.2, -0.15) is 0 Å². The Morgan fingerprint density at radius 2 is 1.86 bits per heavy atom. The zero-order valence-electron chi connectivity index (χ0n) is 8.40. The van der Waals surface area contributed by atoms with Gasteiger partial charge in [-0.25, -0.2) is 0 Å². The van der Waals surface area contributed by atoms with Crippen molar-refractivity contribution in [1.82, 2.24) is 0 Å². The van der Waals surface area contributed by atoms with Crippen molar-refractivity contribution in [3.8, 4) is 5.75 Å². The molecule has 0 fully saturated rings. The molecule has 1 aliphatic rings. The van der Waals surface area contributed by atoms with Crippen LogP contribution in [-0.4, -0.2) is 18.3 Å². The van der Waals surface area contributed by atoms with Gasteiger partial charge in [-0.05, 0) is 23.3 Å². The van der Waals surface area contributed by atoms with Gasteiger partial charge in [0.1, 0.15) is 5.75 Å². The zero-order valence-corrected chi connectivity index (χ0v) is 8.40. The molecule has 0 saturated carbocycles. The molecule has 14 heavy (non-hydrogen) atoms. The summed E-state index contributed by atoms with van der Waals surface area (Å²) in [5, 5.41) is 9.35. The molecule has 2 unspecified atom stereocenters. The van der Waals surface area contributed by atoms with Gasteiger partial charge < -0.3 is 9.84 Å². The monoisotopic (exact) mass is 190 g/mol. The highest BCUT2D eigenvalue weighted by Gasteiger charge is 2.27. The smallest absolute Gasteiger partial charge is 0.118 e. The van der Waals surface area contributed by atoms with E-state index in [0.29, 0.717) is 0 Å². The molecule has 0 spiro atoms. The van der Waals surface area contributed by atoms with Gasteiger partial charge in [-0.3, -0.25) is 0 Å². The summed E-state index contributed by atoms with van der Waals surface area (Å²) in [5.41, 5.74) is 2.39. The highest BCUT2D eigenvalue weighted by atomic mass is 16.5. The van der Waals surface area contributed by atoms with Crippen LogP contribution in [-0.2, 0) is 0 Å². The maximum atomic E-state index is 9.35. The molecule has 2 heteroatoms. The number of ether oxygens (including phenoxy) is 1. The van der Waals surface area contributed by atoms with Crippen LogP contribution in [0.5, 0.6) is 5.75 Å². The van der Waals surface area contributed by atoms with Crippen LogP contribution in [0.4, 0.5) is 0 Å². The Hall–Kier alpha value is -1.28. The second-order valence-electron chi connectivity index (χ2n) is 3.63. The summed E-state index contributed by atoms with van der Waals surface area (Å²) in [7, 11) is 1.66. The van der Waals surface area contributed by atoms with Crippen molar-refractivity contribution in [3.05, 3.63) is 35.9 Å². The highest BCUT2D eigenvalue weighted by molar-refractivity contribution is 5.73. The minimum Gasteiger partial charge on any atom is -0.497 e. The van der Waals surface area contributed by atoms with E-state index in [1.807, 2.05) is 37.3 Å². The Labute approximate surface area is 83.8 Å². The Balaban J connectivity index is 2.23. The third kappa shape index (κ3) is 1.42. The lowest BCUT2D eigenvalue weighted by Crippen LogP contribution is -2.26. The molecule has 0 radical (unpaired) electrons. The van der Waals surface area contributed by atoms with Crippen LogP contribution in [0, 0.1) is 5.92 Å². The van der Waals surface area contributed by atoms with Gasteiger partial charge in [0.05, 0.1) is 13.2 Å². The van der Waals surface area contributed by atoms with E-state index in [1.165, 1.54) is 11.1 Å². The van der Waals surface area contributed by atoms with Crippen LogP contribution in [0.25, 0.3) is 5.57 Å². The number of aliphatic hydroxyl groups is 1. The second kappa shape index (κ2) is 3.46. The minimum absolute atomic E-state index is 0.253. The predicted octanol–water partition coefficient (Wildman–Crippen LogP) is 2.09. The lowest BCUT2D eigenvalue weighted by Gasteiger charge is -2.29. The number of aliphatic hydroxyl groups excluding tert-OH is 1. The quantitative estimate of drug-likeness (QED) is 0.773. The van der Waals surface area contributed by atoms with Crippen LogP contribution < -0.4 is 4.74 Å². The fourth-order valence-electron chi connectivity index (χ4n) is 1.69. The van der Waals surface area contributed by atoms with Gasteiger partial charge >= 0.3 is 0 Å². The molecular weight excluding hydrogens is 176 g/mol. The van der Waals surface area contributed by atoms with E-state index in [0.717, 1.165) is 5.75 Å². The van der Waals surface area contributed by atoms with Crippen molar-refractivity contribution in [2.24, 2.45) is 5.92 Å². The van der Waals surface area contributed by atoms with Crippen molar-refractivity contribution in [2.45, 2.75) is 13.0 Å². The third-order valence-corrected chi connectivity index (χ3v) is 2.78. The van der Waals surface area contributed by atoms with E-state index in [1.54, 1.807) is 7.11 Å². The number of hydrogen-bond donors (Lipinski definition) is 1. The van der Waals surface area contributed by atoms with Crippen molar-refractivity contribution >= 4 is 5.57 Å². The van der Waals surface area contributed by atoms with E-state index in [2.05, 4.69) is 0 Å². The largest absolute Gasteiger partial charge is 0.497 e. The normalized spacial score (nSPS) is 25.2. The molecule has 1 aromatic carbocycles. The Morgan fingerprint density at radius 3 is 2.29 bits per heavy atom. The van der Waals surface area contributed by atoms with Crippen LogP contribution >= 0.6 is 0 Å². The van der Waals surface area contributed by atoms with Crippen LogP contribution in [0.2, 0.25) is 0 Å². The minimum atomic E-state index is -0.271. The van der Waals surface area contributed by atoms with Gasteiger partial charge in [0.2, 0.25) is 0 Å². The highest BCUT2D eigenvalue weighted by Crippen LogP contribution is 2.35. The standard InChI is InChI=1S/C12H14O2/c1-8-11(7-12(8)13)9-3-5-10(14-2)6-4-9/h3-8,12-13H,1-2H3. The molecule has 2 rings (SSSR count). The topological polar surface area (TPSA) is 29.5 Å².